The fraction of sp³-hybridized carbons (Fsp3) is 0.538. The number of ether oxygens (including phenoxy) is 1. The van der Waals surface area contributed by atoms with Crippen molar-refractivity contribution in [2.45, 2.75) is 13.0 Å². The van der Waals surface area contributed by atoms with E-state index in [0.29, 0.717) is 0 Å². The maximum atomic E-state index is 5.36. The summed E-state index contributed by atoms with van der Waals surface area (Å²) in [5, 5.41) is 0. The lowest BCUT2D eigenvalue weighted by Gasteiger charge is -2.33. The molecule has 0 aliphatic carbocycles. The van der Waals surface area contributed by atoms with E-state index in [4.69, 9.17) is 9.72 Å². The number of rotatable bonds is 1. The molecule has 3 heterocycles. The number of pyridine rings is 1. The summed E-state index contributed by atoms with van der Waals surface area (Å²) in [6, 6.07) is 4.33. The molecule has 0 saturated carbocycles. The van der Waals surface area contributed by atoms with Gasteiger partial charge in [-0.1, -0.05) is 6.07 Å². The molecule has 1 aromatic heterocycles. The van der Waals surface area contributed by atoms with Gasteiger partial charge in [-0.15, -0.1) is 0 Å². The molecular weight excluding hydrogens is 214 g/mol. The van der Waals surface area contributed by atoms with E-state index < -0.39 is 0 Å². The van der Waals surface area contributed by atoms with Gasteiger partial charge in [0.2, 0.25) is 0 Å². The van der Waals surface area contributed by atoms with Crippen molar-refractivity contribution in [1.29, 1.82) is 0 Å². The predicted octanol–water partition coefficient (Wildman–Crippen LogP) is 1.07. The van der Waals surface area contributed by atoms with E-state index in [2.05, 4.69) is 29.0 Å². The largest absolute Gasteiger partial charge is 0.455 e. The van der Waals surface area contributed by atoms with Gasteiger partial charge in [-0.3, -0.25) is 7.05 Å². The van der Waals surface area contributed by atoms with Crippen LogP contribution in [0.5, 0.6) is 0 Å². The van der Waals surface area contributed by atoms with E-state index in [-0.39, 0.29) is 0 Å². The van der Waals surface area contributed by atoms with Crippen molar-refractivity contribution >= 4 is 5.82 Å². The first-order valence-corrected chi connectivity index (χ1v) is 6.20. The minimum absolute atomic E-state index is 0.811. The smallest absolute Gasteiger partial charge is 0.128 e. The number of aromatic nitrogens is 1. The van der Waals surface area contributed by atoms with Crippen LogP contribution in [0.1, 0.15) is 11.3 Å². The van der Waals surface area contributed by atoms with Crippen molar-refractivity contribution in [3.05, 3.63) is 30.4 Å². The van der Waals surface area contributed by atoms with Crippen LogP contribution >= 0.6 is 0 Å². The van der Waals surface area contributed by atoms with Crippen LogP contribution in [0.2, 0.25) is 0 Å². The Bertz CT molecular complexity index is 402. The van der Waals surface area contributed by atoms with E-state index >= 15 is 0 Å². The molecule has 4 heteroatoms. The minimum atomic E-state index is 0.811. The van der Waals surface area contributed by atoms with Crippen LogP contribution < -0.4 is 4.90 Å². The van der Waals surface area contributed by atoms with Gasteiger partial charge in [-0.05, 0) is 24.7 Å². The highest BCUT2D eigenvalue weighted by molar-refractivity contribution is 5.42. The first-order chi connectivity index (χ1) is 8.33. The van der Waals surface area contributed by atoms with Crippen molar-refractivity contribution in [2.24, 2.45) is 0 Å². The lowest BCUT2D eigenvalue weighted by molar-refractivity contribution is 0.122. The van der Waals surface area contributed by atoms with Gasteiger partial charge < -0.3 is 14.5 Å². The summed E-state index contributed by atoms with van der Waals surface area (Å²) in [7, 11) is 3.99. The van der Waals surface area contributed by atoms with Gasteiger partial charge in [0, 0.05) is 25.2 Å². The summed E-state index contributed by atoms with van der Waals surface area (Å²) in [6.45, 7) is 5.45. The fourth-order valence-electron chi connectivity index (χ4n) is 2.43. The Kier molecular flexibility index (Phi) is 2.99. The van der Waals surface area contributed by atoms with Crippen LogP contribution in [0.4, 0.5) is 5.82 Å². The molecular formula is C13H18N3O-. The highest BCUT2D eigenvalue weighted by Gasteiger charge is 2.16. The first-order valence-electron chi connectivity index (χ1n) is 6.20. The Balaban J connectivity index is 1.82. The zero-order valence-corrected chi connectivity index (χ0v) is 10.1. The third-order valence-corrected chi connectivity index (χ3v) is 3.45. The van der Waals surface area contributed by atoms with Crippen molar-refractivity contribution in [1.82, 2.24) is 9.88 Å². The van der Waals surface area contributed by atoms with Gasteiger partial charge in [-0.2, -0.15) is 0 Å². The Morgan fingerprint density at radius 3 is 2.82 bits per heavy atom. The van der Waals surface area contributed by atoms with Gasteiger partial charge in [0.15, 0.2) is 0 Å². The molecule has 2 aliphatic rings. The third kappa shape index (κ3) is 2.28. The number of hydrogen-bond donors (Lipinski definition) is 0. The molecule has 1 aromatic rings. The van der Waals surface area contributed by atoms with Crippen molar-refractivity contribution in [3.63, 3.8) is 0 Å². The van der Waals surface area contributed by atoms with Crippen molar-refractivity contribution in [2.75, 3.05) is 37.7 Å². The SMILES string of the molecule is [CH2-]N1CCc2nc(N3CCOCC3)ccc2C1. The lowest BCUT2D eigenvalue weighted by Crippen LogP contribution is -2.37. The highest BCUT2D eigenvalue weighted by Crippen LogP contribution is 2.21. The second-order valence-corrected chi connectivity index (χ2v) is 4.68. The Morgan fingerprint density at radius 1 is 1.18 bits per heavy atom. The highest BCUT2D eigenvalue weighted by atomic mass is 16.5. The topological polar surface area (TPSA) is 28.6 Å². The average Bonchev–Trinajstić information content (AvgIpc) is 2.39. The maximum Gasteiger partial charge on any atom is 0.128 e. The van der Waals surface area contributed by atoms with Crippen LogP contribution in [0, 0.1) is 7.05 Å². The number of morpholine rings is 1. The van der Waals surface area contributed by atoms with E-state index in [9.17, 15) is 0 Å². The van der Waals surface area contributed by atoms with Gasteiger partial charge in [0.05, 0.1) is 13.2 Å². The molecule has 0 atom stereocenters. The van der Waals surface area contributed by atoms with E-state index in [0.717, 1.165) is 51.6 Å². The second-order valence-electron chi connectivity index (χ2n) is 4.68. The first kappa shape index (κ1) is 11.0. The summed E-state index contributed by atoms with van der Waals surface area (Å²) in [5.74, 6) is 1.10. The van der Waals surface area contributed by atoms with Crippen LogP contribution in [0.25, 0.3) is 0 Å². The van der Waals surface area contributed by atoms with E-state index in [1.165, 1.54) is 11.3 Å². The van der Waals surface area contributed by atoms with Crippen LogP contribution in [-0.4, -0.2) is 42.7 Å². The number of anilines is 1. The molecule has 2 aliphatic heterocycles. The van der Waals surface area contributed by atoms with Crippen LogP contribution in [-0.2, 0) is 17.7 Å². The monoisotopic (exact) mass is 232 g/mol. The standard InChI is InChI=1S/C13H18N3O/c1-15-5-4-12-11(10-15)2-3-13(14-12)16-6-8-17-9-7-16/h2-3H,1,4-10H2/q-1. The summed E-state index contributed by atoms with van der Waals surface area (Å²) in [5.41, 5.74) is 2.57. The van der Waals surface area contributed by atoms with E-state index in [1.807, 2.05) is 0 Å². The summed E-state index contributed by atoms with van der Waals surface area (Å²) in [4.78, 5) is 9.19. The van der Waals surface area contributed by atoms with Gasteiger partial charge in [0.25, 0.3) is 0 Å². The zero-order valence-electron chi connectivity index (χ0n) is 10.1. The van der Waals surface area contributed by atoms with Crippen LogP contribution in [0.3, 0.4) is 0 Å². The van der Waals surface area contributed by atoms with Crippen molar-refractivity contribution < 1.29 is 4.74 Å². The zero-order chi connectivity index (χ0) is 11.7. The molecule has 0 N–H and O–H groups in total. The summed E-state index contributed by atoms with van der Waals surface area (Å²) in [6.07, 6.45) is 1.01. The normalized spacial score (nSPS) is 21.4. The molecule has 4 nitrogen and oxygen atoms in total. The number of nitrogens with zero attached hydrogens (tertiary/aromatic N) is 3. The Morgan fingerprint density at radius 2 is 2.00 bits per heavy atom. The van der Waals surface area contributed by atoms with Gasteiger partial charge in [-0.25, -0.2) is 4.98 Å². The Hall–Kier alpha value is -1.13. The third-order valence-electron chi connectivity index (χ3n) is 3.45. The molecule has 92 valence electrons. The van der Waals surface area contributed by atoms with E-state index in [1.54, 1.807) is 0 Å². The molecule has 0 radical (unpaired) electrons. The average molecular weight is 232 g/mol. The molecule has 0 unspecified atom stereocenters. The number of hydrogen-bond acceptors (Lipinski definition) is 4. The molecule has 0 spiro atoms. The predicted molar refractivity (Wildman–Crippen MR) is 66.7 cm³/mol. The van der Waals surface area contributed by atoms with Gasteiger partial charge in [0.1, 0.15) is 5.82 Å². The van der Waals surface area contributed by atoms with Crippen molar-refractivity contribution in [3.8, 4) is 0 Å². The molecule has 0 aromatic carbocycles. The molecule has 1 saturated heterocycles. The summed E-state index contributed by atoms with van der Waals surface area (Å²) >= 11 is 0. The molecule has 1 fully saturated rings. The molecule has 0 bridgehead atoms. The maximum absolute atomic E-state index is 5.36. The number of fused-ring (bicyclic) bond motifs is 1. The second kappa shape index (κ2) is 4.63. The quantitative estimate of drug-likeness (QED) is 0.677. The fourth-order valence-corrected chi connectivity index (χ4v) is 2.43. The lowest BCUT2D eigenvalue weighted by atomic mass is 10.1. The molecule has 17 heavy (non-hydrogen) atoms. The van der Waals surface area contributed by atoms with Gasteiger partial charge >= 0.3 is 0 Å². The summed E-state index contributed by atoms with van der Waals surface area (Å²) < 4.78 is 5.36. The Labute approximate surface area is 102 Å². The molecule has 3 rings (SSSR count). The van der Waals surface area contributed by atoms with Crippen LogP contribution in [0.15, 0.2) is 12.1 Å². The minimum Gasteiger partial charge on any atom is -0.455 e. The molecule has 0 amide bonds.